The monoisotopic (exact) mass is 250 g/mol. The molecule has 0 fully saturated rings. The lowest BCUT2D eigenvalue weighted by molar-refractivity contribution is 0.101. The summed E-state index contributed by atoms with van der Waals surface area (Å²) in [5.41, 5.74) is -0.315. The van der Waals surface area contributed by atoms with Gasteiger partial charge in [-0.3, -0.25) is 4.79 Å². The van der Waals surface area contributed by atoms with Crippen molar-refractivity contribution in [2.24, 2.45) is 0 Å². The molecule has 94 valence electrons. The molecule has 0 saturated carbocycles. The molecule has 0 N–H and O–H groups in total. The molecule has 0 radical (unpaired) electrons. The standard InChI is InChI=1S/C13H12F2N2O/c1-3-17-7-6-16-13(17)12(18)10-9(14)5-4-8(2)11(10)15/h4-7H,3H2,1-2H3. The summed E-state index contributed by atoms with van der Waals surface area (Å²) in [5.74, 6) is -2.39. The lowest BCUT2D eigenvalue weighted by Crippen LogP contribution is -2.14. The zero-order valence-electron chi connectivity index (χ0n) is 10.1. The average molecular weight is 250 g/mol. The first kappa shape index (κ1) is 12.4. The Morgan fingerprint density at radius 1 is 1.39 bits per heavy atom. The molecule has 5 heteroatoms. The zero-order chi connectivity index (χ0) is 13.3. The van der Waals surface area contributed by atoms with Gasteiger partial charge in [-0.05, 0) is 25.5 Å². The Kier molecular flexibility index (Phi) is 3.23. The second-order valence-electron chi connectivity index (χ2n) is 3.92. The fourth-order valence-corrected chi connectivity index (χ4v) is 1.75. The predicted molar refractivity (Wildman–Crippen MR) is 62.4 cm³/mol. The summed E-state index contributed by atoms with van der Waals surface area (Å²) in [4.78, 5) is 16.0. The molecule has 0 bridgehead atoms. The molecule has 0 amide bonds. The molecule has 0 atom stereocenters. The highest BCUT2D eigenvalue weighted by molar-refractivity contribution is 6.07. The van der Waals surface area contributed by atoms with Crippen molar-refractivity contribution in [2.75, 3.05) is 0 Å². The minimum Gasteiger partial charge on any atom is -0.328 e. The molecule has 0 aliphatic carbocycles. The van der Waals surface area contributed by atoms with Crippen LogP contribution in [0.2, 0.25) is 0 Å². The summed E-state index contributed by atoms with van der Waals surface area (Å²) >= 11 is 0. The number of halogens is 2. The van der Waals surface area contributed by atoms with Gasteiger partial charge in [-0.15, -0.1) is 0 Å². The SMILES string of the molecule is CCn1ccnc1C(=O)c1c(F)ccc(C)c1F. The largest absolute Gasteiger partial charge is 0.328 e. The number of rotatable bonds is 3. The maximum absolute atomic E-state index is 13.8. The number of carbonyl (C=O) groups excluding carboxylic acids is 1. The number of hydrogen-bond donors (Lipinski definition) is 0. The van der Waals surface area contributed by atoms with Crippen LogP contribution in [0.4, 0.5) is 8.78 Å². The van der Waals surface area contributed by atoms with E-state index in [2.05, 4.69) is 4.98 Å². The summed E-state index contributed by atoms with van der Waals surface area (Å²) in [7, 11) is 0. The molecule has 2 aromatic rings. The first-order chi connectivity index (χ1) is 8.56. The number of hydrogen-bond acceptors (Lipinski definition) is 2. The van der Waals surface area contributed by atoms with Crippen molar-refractivity contribution in [2.45, 2.75) is 20.4 Å². The number of nitrogens with zero attached hydrogens (tertiary/aromatic N) is 2. The molecular formula is C13H12F2N2O. The maximum Gasteiger partial charge on any atom is 0.234 e. The Labute approximate surface area is 103 Å². The molecule has 3 nitrogen and oxygen atoms in total. The average Bonchev–Trinajstić information content (AvgIpc) is 2.82. The van der Waals surface area contributed by atoms with E-state index >= 15 is 0 Å². The van der Waals surface area contributed by atoms with E-state index in [1.807, 2.05) is 6.92 Å². The first-order valence-corrected chi connectivity index (χ1v) is 5.56. The van der Waals surface area contributed by atoms with E-state index < -0.39 is 23.0 Å². The minimum absolute atomic E-state index is 0.0425. The fourth-order valence-electron chi connectivity index (χ4n) is 1.75. The molecule has 0 unspecified atom stereocenters. The van der Waals surface area contributed by atoms with Crippen molar-refractivity contribution in [3.8, 4) is 0 Å². The fraction of sp³-hybridized carbons (Fsp3) is 0.231. The van der Waals surface area contributed by atoms with Gasteiger partial charge in [-0.1, -0.05) is 6.07 Å². The Morgan fingerprint density at radius 2 is 2.11 bits per heavy atom. The molecule has 0 aliphatic heterocycles. The second-order valence-corrected chi connectivity index (χ2v) is 3.92. The molecule has 1 aromatic carbocycles. The van der Waals surface area contributed by atoms with E-state index in [0.717, 1.165) is 6.07 Å². The van der Waals surface area contributed by atoms with Crippen LogP contribution in [0.5, 0.6) is 0 Å². The van der Waals surface area contributed by atoms with E-state index in [1.165, 1.54) is 19.2 Å². The Balaban J connectivity index is 2.56. The van der Waals surface area contributed by atoms with Crippen LogP contribution < -0.4 is 0 Å². The number of aromatic nitrogens is 2. The van der Waals surface area contributed by atoms with Crippen molar-refractivity contribution in [1.29, 1.82) is 0 Å². The lowest BCUT2D eigenvalue weighted by atomic mass is 10.1. The van der Waals surface area contributed by atoms with Crippen LogP contribution in [0.3, 0.4) is 0 Å². The minimum atomic E-state index is -0.867. The van der Waals surface area contributed by atoms with Crippen molar-refractivity contribution >= 4 is 5.78 Å². The summed E-state index contributed by atoms with van der Waals surface area (Å²) in [6.07, 6.45) is 3.03. The van der Waals surface area contributed by atoms with Crippen LogP contribution in [-0.2, 0) is 6.54 Å². The highest BCUT2D eigenvalue weighted by atomic mass is 19.1. The van der Waals surface area contributed by atoms with Gasteiger partial charge in [0.25, 0.3) is 0 Å². The molecule has 2 rings (SSSR count). The molecular weight excluding hydrogens is 238 g/mol. The van der Waals surface area contributed by atoms with Gasteiger partial charge in [0.15, 0.2) is 5.82 Å². The zero-order valence-corrected chi connectivity index (χ0v) is 10.1. The Bertz CT molecular complexity index is 605. The van der Waals surface area contributed by atoms with Crippen molar-refractivity contribution in [3.63, 3.8) is 0 Å². The summed E-state index contributed by atoms with van der Waals surface area (Å²) in [6, 6.07) is 2.39. The third-order valence-corrected chi connectivity index (χ3v) is 2.77. The molecule has 0 saturated heterocycles. The third kappa shape index (κ3) is 1.92. The van der Waals surface area contributed by atoms with Crippen molar-refractivity contribution in [3.05, 3.63) is 53.1 Å². The van der Waals surface area contributed by atoms with Gasteiger partial charge >= 0.3 is 0 Å². The summed E-state index contributed by atoms with van der Waals surface area (Å²) in [5, 5.41) is 0. The topological polar surface area (TPSA) is 34.9 Å². The molecule has 18 heavy (non-hydrogen) atoms. The van der Waals surface area contributed by atoms with Crippen LogP contribution in [0, 0.1) is 18.6 Å². The maximum atomic E-state index is 13.8. The predicted octanol–water partition coefficient (Wildman–Crippen LogP) is 2.72. The van der Waals surface area contributed by atoms with Crippen LogP contribution in [-0.4, -0.2) is 15.3 Å². The molecule has 1 heterocycles. The lowest BCUT2D eigenvalue weighted by Gasteiger charge is -2.07. The molecule has 0 spiro atoms. The highest BCUT2D eigenvalue weighted by Crippen LogP contribution is 2.19. The van der Waals surface area contributed by atoms with Gasteiger partial charge < -0.3 is 4.57 Å². The van der Waals surface area contributed by atoms with Gasteiger partial charge in [0.05, 0.1) is 5.56 Å². The normalized spacial score (nSPS) is 10.7. The second kappa shape index (κ2) is 4.68. The Morgan fingerprint density at radius 3 is 2.78 bits per heavy atom. The van der Waals surface area contributed by atoms with Crippen LogP contribution in [0.25, 0.3) is 0 Å². The summed E-state index contributed by atoms with van der Waals surface area (Å²) in [6.45, 7) is 3.81. The Hall–Kier alpha value is -2.04. The van der Waals surface area contributed by atoms with E-state index in [4.69, 9.17) is 0 Å². The number of carbonyl (C=O) groups is 1. The number of aryl methyl sites for hydroxylation is 2. The van der Waals surface area contributed by atoms with E-state index in [-0.39, 0.29) is 11.4 Å². The first-order valence-electron chi connectivity index (χ1n) is 5.56. The van der Waals surface area contributed by atoms with E-state index in [0.29, 0.717) is 6.54 Å². The summed E-state index contributed by atoms with van der Waals surface area (Å²) < 4.78 is 29.0. The smallest absolute Gasteiger partial charge is 0.234 e. The number of benzene rings is 1. The van der Waals surface area contributed by atoms with Crippen LogP contribution in [0.1, 0.15) is 28.7 Å². The van der Waals surface area contributed by atoms with Crippen LogP contribution in [0.15, 0.2) is 24.5 Å². The van der Waals surface area contributed by atoms with Crippen LogP contribution >= 0.6 is 0 Å². The van der Waals surface area contributed by atoms with Gasteiger partial charge in [0.1, 0.15) is 11.6 Å². The van der Waals surface area contributed by atoms with Gasteiger partial charge in [-0.2, -0.15) is 0 Å². The quantitative estimate of drug-likeness (QED) is 0.785. The third-order valence-electron chi connectivity index (χ3n) is 2.77. The molecule has 1 aromatic heterocycles. The molecule has 0 aliphatic rings. The number of ketones is 1. The van der Waals surface area contributed by atoms with Crippen molar-refractivity contribution in [1.82, 2.24) is 9.55 Å². The van der Waals surface area contributed by atoms with E-state index in [1.54, 1.807) is 10.8 Å². The van der Waals surface area contributed by atoms with Gasteiger partial charge in [0.2, 0.25) is 5.78 Å². The van der Waals surface area contributed by atoms with Crippen molar-refractivity contribution < 1.29 is 13.6 Å². The van der Waals surface area contributed by atoms with Gasteiger partial charge in [-0.25, -0.2) is 13.8 Å². The number of imidazole rings is 1. The van der Waals surface area contributed by atoms with Gasteiger partial charge in [0, 0.05) is 18.9 Å². The van der Waals surface area contributed by atoms with E-state index in [9.17, 15) is 13.6 Å². The highest BCUT2D eigenvalue weighted by Gasteiger charge is 2.23.